The number of hydrogen-bond donors (Lipinski definition) is 0. The van der Waals surface area contributed by atoms with E-state index in [0.29, 0.717) is 34.5 Å². The lowest BCUT2D eigenvalue weighted by atomic mass is 10.1. The number of likely N-dealkylation sites (N-methyl/N-ethyl adjacent to an activating group) is 2. The molecule has 0 saturated carbocycles. The highest BCUT2D eigenvalue weighted by molar-refractivity contribution is 5.85. The van der Waals surface area contributed by atoms with Crippen LogP contribution in [-0.2, 0) is 0 Å². The Balaban J connectivity index is 0.00000256. The molecule has 1 heterocycles. The van der Waals surface area contributed by atoms with Gasteiger partial charge >= 0.3 is 0 Å². The fourth-order valence-corrected chi connectivity index (χ4v) is 3.18. The molecule has 0 spiro atoms. The molecule has 1 aromatic heterocycles. The van der Waals surface area contributed by atoms with Crippen LogP contribution >= 0.6 is 24.8 Å². The highest BCUT2D eigenvalue weighted by Gasteiger charge is 2.10. The summed E-state index contributed by atoms with van der Waals surface area (Å²) in [5, 5.41) is 0.478. The van der Waals surface area contributed by atoms with Crippen LogP contribution < -0.4 is 10.2 Å². The molecule has 3 aromatic rings. The highest BCUT2D eigenvalue weighted by Crippen LogP contribution is 2.23. The van der Waals surface area contributed by atoms with Crippen LogP contribution in [0.1, 0.15) is 12.8 Å². The molecule has 5 nitrogen and oxygen atoms in total. The van der Waals surface area contributed by atoms with Crippen molar-refractivity contribution in [3.63, 3.8) is 0 Å². The van der Waals surface area contributed by atoms with Crippen molar-refractivity contribution >= 4 is 35.8 Å². The Morgan fingerprint density at radius 3 is 2.34 bits per heavy atom. The zero-order chi connectivity index (χ0) is 21.5. The molecule has 0 aliphatic heterocycles. The third-order valence-corrected chi connectivity index (χ3v) is 5.03. The van der Waals surface area contributed by atoms with E-state index in [0.717, 1.165) is 32.5 Å². The van der Waals surface area contributed by atoms with Crippen molar-refractivity contribution in [1.29, 1.82) is 0 Å². The lowest BCUT2D eigenvalue weighted by Gasteiger charge is -2.19. The minimum atomic E-state index is -0.342. The van der Waals surface area contributed by atoms with Gasteiger partial charge < -0.3 is 19.0 Å². The standard InChI is InChI=1S/C24H29FN2O3.2ClH/c1-26(2)13-14-27(3)12-4-5-15-29-20-10-11-21-23(16-20)30-17-22(24(21)28)18-6-8-19(25)9-7-18;;/h6-11,16-17H,4-5,12-15H2,1-3H3;2*1H. The summed E-state index contributed by atoms with van der Waals surface area (Å²) in [7, 11) is 6.30. The van der Waals surface area contributed by atoms with Gasteiger partial charge in [0.2, 0.25) is 0 Å². The molecule has 0 N–H and O–H groups in total. The molecule has 0 radical (unpaired) electrons. The molecule has 0 saturated heterocycles. The number of unbranched alkanes of at least 4 members (excludes halogenated alkanes) is 1. The normalized spacial score (nSPS) is 10.8. The van der Waals surface area contributed by atoms with E-state index in [2.05, 4.69) is 30.9 Å². The van der Waals surface area contributed by atoms with Gasteiger partial charge in [-0.15, -0.1) is 24.8 Å². The van der Waals surface area contributed by atoms with Crippen molar-refractivity contribution in [2.75, 3.05) is 47.4 Å². The smallest absolute Gasteiger partial charge is 0.200 e. The van der Waals surface area contributed by atoms with Gasteiger partial charge in [0.25, 0.3) is 0 Å². The van der Waals surface area contributed by atoms with E-state index in [-0.39, 0.29) is 36.1 Å². The lowest BCUT2D eigenvalue weighted by Crippen LogP contribution is -2.29. The number of rotatable bonds is 10. The second kappa shape index (κ2) is 13.4. The summed E-state index contributed by atoms with van der Waals surface area (Å²) in [6.45, 7) is 3.76. The monoisotopic (exact) mass is 484 g/mol. The van der Waals surface area contributed by atoms with E-state index in [4.69, 9.17) is 9.15 Å². The van der Waals surface area contributed by atoms with Gasteiger partial charge in [0.15, 0.2) is 5.43 Å². The molecular formula is C24H31Cl2FN2O3. The van der Waals surface area contributed by atoms with Gasteiger partial charge in [0.1, 0.15) is 23.4 Å². The number of ether oxygens (including phenoxy) is 1. The summed E-state index contributed by atoms with van der Waals surface area (Å²) in [6.07, 6.45) is 3.44. The maximum Gasteiger partial charge on any atom is 0.200 e. The Hall–Kier alpha value is -2.12. The quantitative estimate of drug-likeness (QED) is 0.374. The summed E-state index contributed by atoms with van der Waals surface area (Å²) < 4.78 is 24.6. The molecule has 0 aliphatic carbocycles. The van der Waals surface area contributed by atoms with E-state index >= 15 is 0 Å². The Bertz CT molecular complexity index is 1030. The van der Waals surface area contributed by atoms with Crippen molar-refractivity contribution in [2.24, 2.45) is 0 Å². The fraction of sp³-hybridized carbons (Fsp3) is 0.375. The Labute approximate surface area is 201 Å². The largest absolute Gasteiger partial charge is 0.493 e. The van der Waals surface area contributed by atoms with Crippen LogP contribution in [0.3, 0.4) is 0 Å². The molecule has 0 fully saturated rings. The van der Waals surface area contributed by atoms with E-state index in [9.17, 15) is 9.18 Å². The molecule has 8 heteroatoms. The summed E-state index contributed by atoms with van der Waals surface area (Å²) >= 11 is 0. The summed E-state index contributed by atoms with van der Waals surface area (Å²) in [5.41, 5.74) is 1.37. The van der Waals surface area contributed by atoms with Gasteiger partial charge in [-0.05, 0) is 70.4 Å². The van der Waals surface area contributed by atoms with Crippen LogP contribution in [-0.4, -0.2) is 57.2 Å². The number of benzene rings is 2. The van der Waals surface area contributed by atoms with E-state index in [1.807, 2.05) is 0 Å². The molecule has 0 aliphatic rings. The average molecular weight is 485 g/mol. The van der Waals surface area contributed by atoms with Gasteiger partial charge in [0.05, 0.1) is 17.6 Å². The number of fused-ring (bicyclic) bond motifs is 1. The Morgan fingerprint density at radius 1 is 0.938 bits per heavy atom. The summed E-state index contributed by atoms with van der Waals surface area (Å²) in [4.78, 5) is 17.3. The van der Waals surface area contributed by atoms with Gasteiger partial charge in [0, 0.05) is 19.2 Å². The Morgan fingerprint density at radius 2 is 1.66 bits per heavy atom. The lowest BCUT2D eigenvalue weighted by molar-refractivity contribution is 0.259. The molecule has 0 atom stereocenters. The topological polar surface area (TPSA) is 45.9 Å². The van der Waals surface area contributed by atoms with Crippen molar-refractivity contribution in [3.8, 4) is 16.9 Å². The van der Waals surface area contributed by atoms with Crippen LogP contribution in [0.15, 0.2) is 57.9 Å². The number of hydrogen-bond acceptors (Lipinski definition) is 5. The molecule has 3 rings (SSSR count). The van der Waals surface area contributed by atoms with Gasteiger partial charge in [-0.2, -0.15) is 0 Å². The second-order valence-electron chi connectivity index (χ2n) is 7.81. The fourth-order valence-electron chi connectivity index (χ4n) is 3.18. The summed E-state index contributed by atoms with van der Waals surface area (Å²) in [6, 6.07) is 11.1. The SMILES string of the molecule is CN(C)CCN(C)CCCCOc1ccc2c(=O)c(-c3ccc(F)cc3)coc2c1.Cl.Cl. The molecule has 176 valence electrons. The minimum absolute atomic E-state index is 0. The van der Waals surface area contributed by atoms with Gasteiger partial charge in [-0.1, -0.05) is 12.1 Å². The average Bonchev–Trinajstić information content (AvgIpc) is 2.73. The minimum Gasteiger partial charge on any atom is -0.493 e. The zero-order valence-electron chi connectivity index (χ0n) is 18.7. The van der Waals surface area contributed by atoms with E-state index in [1.165, 1.54) is 18.4 Å². The van der Waals surface area contributed by atoms with Crippen LogP contribution in [0.2, 0.25) is 0 Å². The molecule has 0 unspecified atom stereocenters. The molecule has 0 amide bonds. The first-order valence-electron chi connectivity index (χ1n) is 10.2. The summed E-state index contributed by atoms with van der Waals surface area (Å²) in [5.74, 6) is 0.340. The van der Waals surface area contributed by atoms with Gasteiger partial charge in [-0.25, -0.2) is 4.39 Å². The zero-order valence-corrected chi connectivity index (χ0v) is 20.3. The van der Waals surface area contributed by atoms with Crippen molar-refractivity contribution in [3.05, 3.63) is 64.8 Å². The predicted molar refractivity (Wildman–Crippen MR) is 133 cm³/mol. The maximum absolute atomic E-state index is 13.1. The second-order valence-corrected chi connectivity index (χ2v) is 7.81. The molecule has 2 aromatic carbocycles. The highest BCUT2D eigenvalue weighted by atomic mass is 35.5. The number of nitrogens with zero attached hydrogens (tertiary/aromatic N) is 2. The molecule has 0 bridgehead atoms. The first kappa shape index (κ1) is 27.9. The third-order valence-electron chi connectivity index (χ3n) is 5.03. The van der Waals surface area contributed by atoms with Crippen molar-refractivity contribution in [2.45, 2.75) is 12.8 Å². The molecular weight excluding hydrogens is 454 g/mol. The van der Waals surface area contributed by atoms with E-state index < -0.39 is 0 Å². The van der Waals surface area contributed by atoms with Gasteiger partial charge in [-0.3, -0.25) is 4.79 Å². The maximum atomic E-state index is 13.1. The predicted octanol–water partition coefficient (Wildman–Crippen LogP) is 5.10. The first-order valence-corrected chi connectivity index (χ1v) is 10.2. The van der Waals surface area contributed by atoms with Crippen LogP contribution in [0.5, 0.6) is 5.75 Å². The van der Waals surface area contributed by atoms with Crippen LogP contribution in [0.4, 0.5) is 4.39 Å². The number of halogens is 3. The first-order chi connectivity index (χ1) is 14.4. The third kappa shape index (κ3) is 7.78. The van der Waals surface area contributed by atoms with Crippen LogP contribution in [0, 0.1) is 5.82 Å². The van der Waals surface area contributed by atoms with Crippen molar-refractivity contribution < 1.29 is 13.5 Å². The van der Waals surface area contributed by atoms with Crippen molar-refractivity contribution in [1.82, 2.24) is 9.80 Å². The Kier molecular flexibility index (Phi) is 11.7. The molecule has 32 heavy (non-hydrogen) atoms. The van der Waals surface area contributed by atoms with Crippen LogP contribution in [0.25, 0.3) is 22.1 Å². The van der Waals surface area contributed by atoms with E-state index in [1.54, 1.807) is 30.3 Å².